The lowest BCUT2D eigenvalue weighted by Crippen LogP contribution is -2.34. The van der Waals surface area contributed by atoms with Crippen molar-refractivity contribution in [3.05, 3.63) is 34.9 Å². The normalized spacial score (nSPS) is 11.5. The first-order chi connectivity index (χ1) is 11.1. The van der Waals surface area contributed by atoms with Gasteiger partial charge in [0.15, 0.2) is 0 Å². The minimum atomic E-state index is -0.798. The summed E-state index contributed by atoms with van der Waals surface area (Å²) in [5, 5.41) is 9.68. The molecule has 4 nitrogen and oxygen atoms in total. The van der Waals surface area contributed by atoms with E-state index in [1.54, 1.807) is 32.0 Å². The fourth-order valence-corrected chi connectivity index (χ4v) is 1.85. The highest BCUT2D eigenvalue weighted by molar-refractivity contribution is 5.90. The first-order valence-electron chi connectivity index (χ1n) is 7.68. The molecular weight excluding hydrogens is 304 g/mol. The monoisotopic (exact) mass is 328 g/mol. The van der Waals surface area contributed by atoms with Gasteiger partial charge in [0.05, 0.1) is 23.4 Å². The van der Waals surface area contributed by atoms with Gasteiger partial charge in [0.2, 0.25) is 0 Å². The summed E-state index contributed by atoms with van der Waals surface area (Å²) in [6, 6.07) is 4.77. The second-order valence-corrected chi connectivity index (χ2v) is 6.83. The molecule has 1 aromatic carbocycles. The van der Waals surface area contributed by atoms with Gasteiger partial charge in [-0.25, -0.2) is 4.79 Å². The summed E-state index contributed by atoms with van der Waals surface area (Å²) in [5.41, 5.74) is -0.102. The van der Waals surface area contributed by atoms with Gasteiger partial charge in [0, 0.05) is 11.1 Å². The number of carbonyl (C=O) groups excluding carboxylic acids is 1. The van der Waals surface area contributed by atoms with Gasteiger partial charge in [-0.1, -0.05) is 11.8 Å². The van der Waals surface area contributed by atoms with Crippen molar-refractivity contribution in [2.24, 2.45) is 0 Å². The maximum absolute atomic E-state index is 12.2. The zero-order chi connectivity index (χ0) is 18.4. The lowest BCUT2D eigenvalue weighted by molar-refractivity contribution is -0.0773. The molecule has 0 heterocycles. The van der Waals surface area contributed by atoms with Crippen LogP contribution < -0.4 is 0 Å². The molecule has 0 aliphatic heterocycles. The highest BCUT2D eigenvalue weighted by atomic mass is 16.6. The summed E-state index contributed by atoms with van der Waals surface area (Å²) < 4.78 is 11.0. The number of carbonyl (C=O) groups is 1. The second-order valence-electron chi connectivity index (χ2n) is 6.83. The quantitative estimate of drug-likeness (QED) is 0.618. The molecule has 0 atom stereocenters. The Bertz CT molecular complexity index is 634. The Balaban J connectivity index is 2.65. The van der Waals surface area contributed by atoms with Gasteiger partial charge >= 0.3 is 5.97 Å². The number of terminal acetylenes is 2. The zero-order valence-corrected chi connectivity index (χ0v) is 14.7. The summed E-state index contributed by atoms with van der Waals surface area (Å²) in [6.07, 6.45) is 11.2. The summed E-state index contributed by atoms with van der Waals surface area (Å²) in [4.78, 5) is 12.2. The highest BCUT2D eigenvalue weighted by Gasteiger charge is 2.23. The number of rotatable bonds is 7. The molecule has 1 aromatic rings. The number of aliphatic hydroxyl groups is 1. The van der Waals surface area contributed by atoms with Crippen LogP contribution in [0.4, 0.5) is 0 Å². The van der Waals surface area contributed by atoms with Crippen molar-refractivity contribution in [1.82, 2.24) is 0 Å². The smallest absolute Gasteiger partial charge is 0.338 e. The van der Waals surface area contributed by atoms with E-state index in [0.717, 1.165) is 0 Å². The van der Waals surface area contributed by atoms with E-state index < -0.39 is 17.2 Å². The molecule has 24 heavy (non-hydrogen) atoms. The van der Waals surface area contributed by atoms with E-state index in [2.05, 4.69) is 11.8 Å². The maximum Gasteiger partial charge on any atom is 0.338 e. The molecule has 0 bridgehead atoms. The largest absolute Gasteiger partial charge is 0.459 e. The van der Waals surface area contributed by atoms with Crippen LogP contribution in [0.3, 0.4) is 0 Å². The Kier molecular flexibility index (Phi) is 6.60. The van der Waals surface area contributed by atoms with Crippen molar-refractivity contribution in [2.45, 2.75) is 45.3 Å². The molecule has 0 spiro atoms. The summed E-state index contributed by atoms with van der Waals surface area (Å²) in [7, 11) is 0. The van der Waals surface area contributed by atoms with E-state index in [0.29, 0.717) is 29.7 Å². The molecule has 0 saturated carbocycles. The van der Waals surface area contributed by atoms with Crippen LogP contribution in [-0.2, 0) is 9.47 Å². The Hall–Kier alpha value is -2.27. The van der Waals surface area contributed by atoms with Gasteiger partial charge in [0.1, 0.15) is 6.61 Å². The SMILES string of the molecule is C#Cc1cc(C#C)cc(C(=O)OCC(C)(C)OCCC(C)(C)O)c1. The fourth-order valence-electron chi connectivity index (χ4n) is 1.85. The van der Waals surface area contributed by atoms with E-state index in [4.69, 9.17) is 22.3 Å². The standard InChI is InChI=1S/C20H24O4/c1-7-15-11-16(8-2)13-17(12-15)18(21)23-14-20(5,6)24-10-9-19(3,4)22/h1-2,11-13,22H,9-10,14H2,3-6H3. The Morgan fingerprint density at radius 1 is 1.12 bits per heavy atom. The predicted molar refractivity (Wildman–Crippen MR) is 93.5 cm³/mol. The first kappa shape index (κ1) is 19.8. The number of hydrogen-bond acceptors (Lipinski definition) is 4. The third-order valence-electron chi connectivity index (χ3n) is 3.26. The van der Waals surface area contributed by atoms with Crippen molar-refractivity contribution < 1.29 is 19.4 Å². The summed E-state index contributed by atoms with van der Waals surface area (Å²) in [6.45, 7) is 7.49. The van der Waals surface area contributed by atoms with E-state index in [1.165, 1.54) is 0 Å². The molecule has 0 amide bonds. The van der Waals surface area contributed by atoms with Crippen LogP contribution in [0.5, 0.6) is 0 Å². The third kappa shape index (κ3) is 6.87. The number of benzene rings is 1. The predicted octanol–water partition coefficient (Wildman–Crippen LogP) is 2.76. The molecule has 0 aliphatic rings. The number of ether oxygens (including phenoxy) is 2. The Morgan fingerprint density at radius 3 is 2.12 bits per heavy atom. The minimum Gasteiger partial charge on any atom is -0.459 e. The number of esters is 1. The van der Waals surface area contributed by atoms with Crippen LogP contribution in [-0.4, -0.2) is 35.5 Å². The molecule has 0 radical (unpaired) electrons. The molecule has 1 rings (SSSR count). The first-order valence-corrected chi connectivity index (χ1v) is 7.68. The molecule has 1 N–H and O–H groups in total. The van der Waals surface area contributed by atoms with E-state index in [-0.39, 0.29) is 6.61 Å². The second kappa shape index (κ2) is 8.02. The van der Waals surface area contributed by atoms with Gasteiger partial charge in [-0.3, -0.25) is 0 Å². The van der Waals surface area contributed by atoms with Crippen molar-refractivity contribution in [3.63, 3.8) is 0 Å². The molecule has 128 valence electrons. The van der Waals surface area contributed by atoms with Crippen molar-refractivity contribution in [2.75, 3.05) is 13.2 Å². The van der Waals surface area contributed by atoms with Crippen molar-refractivity contribution in [1.29, 1.82) is 0 Å². The zero-order valence-electron chi connectivity index (χ0n) is 14.7. The van der Waals surface area contributed by atoms with E-state index in [9.17, 15) is 9.90 Å². The van der Waals surface area contributed by atoms with Crippen LogP contribution >= 0.6 is 0 Å². The highest BCUT2D eigenvalue weighted by Crippen LogP contribution is 2.16. The summed E-state index contributed by atoms with van der Waals surface area (Å²) >= 11 is 0. The molecule has 0 unspecified atom stereocenters. The van der Waals surface area contributed by atoms with Crippen LogP contribution in [0, 0.1) is 24.7 Å². The van der Waals surface area contributed by atoms with Gasteiger partial charge in [-0.15, -0.1) is 12.8 Å². The van der Waals surface area contributed by atoms with Crippen LogP contribution in [0.15, 0.2) is 18.2 Å². The number of hydrogen-bond donors (Lipinski definition) is 1. The minimum absolute atomic E-state index is 0.0728. The summed E-state index contributed by atoms with van der Waals surface area (Å²) in [5.74, 6) is 4.41. The molecule has 4 heteroatoms. The lowest BCUT2D eigenvalue weighted by Gasteiger charge is -2.27. The van der Waals surface area contributed by atoms with Crippen molar-refractivity contribution >= 4 is 5.97 Å². The van der Waals surface area contributed by atoms with Gasteiger partial charge in [0.25, 0.3) is 0 Å². The average Bonchev–Trinajstić information content (AvgIpc) is 2.50. The average molecular weight is 328 g/mol. The maximum atomic E-state index is 12.2. The van der Waals surface area contributed by atoms with Crippen molar-refractivity contribution in [3.8, 4) is 24.7 Å². The Labute approximate surface area is 144 Å². The topological polar surface area (TPSA) is 55.8 Å². The molecule has 0 saturated heterocycles. The van der Waals surface area contributed by atoms with Gasteiger partial charge in [-0.05, 0) is 52.3 Å². The lowest BCUT2D eigenvalue weighted by atomic mass is 10.1. The van der Waals surface area contributed by atoms with E-state index in [1.807, 2.05) is 13.8 Å². The van der Waals surface area contributed by atoms with Crippen LogP contribution in [0.2, 0.25) is 0 Å². The third-order valence-corrected chi connectivity index (χ3v) is 3.26. The molecule has 0 aliphatic carbocycles. The van der Waals surface area contributed by atoms with Gasteiger partial charge < -0.3 is 14.6 Å². The van der Waals surface area contributed by atoms with Crippen LogP contribution in [0.25, 0.3) is 0 Å². The molecule has 0 fully saturated rings. The molecule has 0 aromatic heterocycles. The Morgan fingerprint density at radius 2 is 1.67 bits per heavy atom. The van der Waals surface area contributed by atoms with Crippen LogP contribution in [0.1, 0.15) is 55.6 Å². The van der Waals surface area contributed by atoms with Gasteiger partial charge in [-0.2, -0.15) is 0 Å². The van der Waals surface area contributed by atoms with E-state index >= 15 is 0 Å². The molecular formula is C20H24O4. The fraction of sp³-hybridized carbons (Fsp3) is 0.450.